The molecular formula is C14H18BrN. The number of hydrogen-bond donors (Lipinski definition) is 1. The average Bonchev–Trinajstić information content (AvgIpc) is 2.29. The summed E-state index contributed by atoms with van der Waals surface area (Å²) in [6.07, 6.45) is 4.77. The minimum Gasteiger partial charge on any atom is -0.304 e. The molecule has 2 atom stereocenters. The van der Waals surface area contributed by atoms with Crippen LogP contribution in [-0.2, 0) is 0 Å². The summed E-state index contributed by atoms with van der Waals surface area (Å²) in [6, 6.07) is 8.98. The van der Waals surface area contributed by atoms with E-state index in [9.17, 15) is 0 Å². The van der Waals surface area contributed by atoms with Gasteiger partial charge in [-0.25, -0.2) is 0 Å². The van der Waals surface area contributed by atoms with E-state index < -0.39 is 0 Å². The summed E-state index contributed by atoms with van der Waals surface area (Å²) in [4.78, 5) is 0. The summed E-state index contributed by atoms with van der Waals surface area (Å²) in [7, 11) is 0. The molecule has 0 heterocycles. The highest BCUT2D eigenvalue weighted by molar-refractivity contribution is 9.10. The molecule has 0 spiro atoms. The third-order valence-corrected chi connectivity index (χ3v) is 3.02. The predicted octanol–water partition coefficient (Wildman–Crippen LogP) is 4.23. The maximum Gasteiger partial charge on any atom is 0.0359 e. The van der Waals surface area contributed by atoms with Gasteiger partial charge in [-0.05, 0) is 31.0 Å². The van der Waals surface area contributed by atoms with Gasteiger partial charge in [0.25, 0.3) is 0 Å². The fourth-order valence-electron chi connectivity index (χ4n) is 1.55. The second-order valence-corrected chi connectivity index (χ2v) is 4.74. The average molecular weight is 280 g/mol. The molecule has 0 bridgehead atoms. The summed E-state index contributed by atoms with van der Waals surface area (Å²) >= 11 is 3.44. The van der Waals surface area contributed by atoms with Crippen LogP contribution >= 0.6 is 15.9 Å². The quantitative estimate of drug-likeness (QED) is 0.769. The van der Waals surface area contributed by atoms with Gasteiger partial charge in [0.05, 0.1) is 0 Å². The maximum absolute atomic E-state index is 3.80. The molecule has 1 N–H and O–H groups in total. The van der Waals surface area contributed by atoms with E-state index >= 15 is 0 Å². The highest BCUT2D eigenvalue weighted by atomic mass is 79.9. The number of benzene rings is 1. The molecule has 1 rings (SSSR count). The van der Waals surface area contributed by atoms with E-state index in [0.29, 0.717) is 12.1 Å². The van der Waals surface area contributed by atoms with Crippen LogP contribution in [0.2, 0.25) is 0 Å². The summed E-state index contributed by atoms with van der Waals surface area (Å²) in [5.41, 5.74) is 1.27. The van der Waals surface area contributed by atoms with Gasteiger partial charge in [-0.15, -0.1) is 13.2 Å². The molecule has 1 aromatic rings. The first-order valence-electron chi connectivity index (χ1n) is 5.42. The van der Waals surface area contributed by atoms with Crippen LogP contribution in [0.3, 0.4) is 0 Å². The van der Waals surface area contributed by atoms with Crippen molar-refractivity contribution < 1.29 is 0 Å². The monoisotopic (exact) mass is 279 g/mol. The number of nitrogens with one attached hydrogen (secondary N) is 1. The van der Waals surface area contributed by atoms with E-state index in [-0.39, 0.29) is 0 Å². The van der Waals surface area contributed by atoms with Crippen molar-refractivity contribution in [2.75, 3.05) is 0 Å². The zero-order chi connectivity index (χ0) is 12.0. The highest BCUT2D eigenvalue weighted by Crippen LogP contribution is 2.20. The Morgan fingerprint density at radius 3 is 2.44 bits per heavy atom. The Bertz CT molecular complexity index is 342. The Balaban J connectivity index is 2.79. The van der Waals surface area contributed by atoms with Gasteiger partial charge >= 0.3 is 0 Å². The van der Waals surface area contributed by atoms with Crippen LogP contribution in [0.4, 0.5) is 0 Å². The fourth-order valence-corrected chi connectivity index (χ4v) is 1.81. The summed E-state index contributed by atoms with van der Waals surface area (Å²) in [6.45, 7) is 9.69. The summed E-state index contributed by atoms with van der Waals surface area (Å²) in [5, 5.41) is 3.50. The largest absolute Gasteiger partial charge is 0.304 e. The second kappa shape index (κ2) is 6.66. The van der Waals surface area contributed by atoms with Crippen LogP contribution in [0, 0.1) is 0 Å². The molecule has 0 saturated carbocycles. The van der Waals surface area contributed by atoms with Gasteiger partial charge in [0.2, 0.25) is 0 Å². The number of rotatable bonds is 6. The minimum absolute atomic E-state index is 0.300. The lowest BCUT2D eigenvalue weighted by molar-refractivity contribution is 0.507. The van der Waals surface area contributed by atoms with Crippen LogP contribution in [0.15, 0.2) is 54.0 Å². The van der Waals surface area contributed by atoms with Crippen LogP contribution < -0.4 is 5.32 Å². The van der Waals surface area contributed by atoms with E-state index in [1.165, 1.54) is 5.56 Å². The van der Waals surface area contributed by atoms with E-state index in [0.717, 1.165) is 10.9 Å². The van der Waals surface area contributed by atoms with Gasteiger partial charge in [0.15, 0.2) is 0 Å². The molecular weight excluding hydrogens is 262 g/mol. The topological polar surface area (TPSA) is 12.0 Å². The van der Waals surface area contributed by atoms with Crippen LogP contribution in [0.1, 0.15) is 24.9 Å². The Kier molecular flexibility index (Phi) is 5.50. The van der Waals surface area contributed by atoms with Crippen molar-refractivity contribution >= 4 is 15.9 Å². The second-order valence-electron chi connectivity index (χ2n) is 3.82. The third-order valence-electron chi connectivity index (χ3n) is 2.49. The fraction of sp³-hybridized carbons (Fsp3) is 0.286. The third kappa shape index (κ3) is 3.95. The van der Waals surface area contributed by atoms with E-state index in [2.05, 4.69) is 65.6 Å². The van der Waals surface area contributed by atoms with Gasteiger partial charge in [-0.2, -0.15) is 0 Å². The molecule has 0 aliphatic carbocycles. The first kappa shape index (κ1) is 13.2. The number of halogens is 1. The lowest BCUT2D eigenvalue weighted by atomic mass is 10.0. The molecule has 0 fully saturated rings. The van der Waals surface area contributed by atoms with Crippen molar-refractivity contribution in [1.29, 1.82) is 0 Å². The van der Waals surface area contributed by atoms with Crippen molar-refractivity contribution in [2.24, 2.45) is 0 Å². The van der Waals surface area contributed by atoms with Gasteiger partial charge in [-0.1, -0.05) is 40.2 Å². The molecule has 86 valence electrons. The molecule has 1 aromatic carbocycles. The van der Waals surface area contributed by atoms with Crippen LogP contribution in [0.25, 0.3) is 0 Å². The van der Waals surface area contributed by atoms with Crippen LogP contribution in [-0.4, -0.2) is 6.04 Å². The van der Waals surface area contributed by atoms with Crippen molar-refractivity contribution in [3.63, 3.8) is 0 Å². The Labute approximate surface area is 106 Å². The molecule has 0 radical (unpaired) electrons. The van der Waals surface area contributed by atoms with E-state index in [4.69, 9.17) is 0 Å². The number of hydrogen-bond acceptors (Lipinski definition) is 1. The Morgan fingerprint density at radius 1 is 1.31 bits per heavy atom. The van der Waals surface area contributed by atoms with Gasteiger partial charge in [0, 0.05) is 16.6 Å². The van der Waals surface area contributed by atoms with Gasteiger partial charge < -0.3 is 5.32 Å². The zero-order valence-corrected chi connectivity index (χ0v) is 11.2. The first-order chi connectivity index (χ1) is 7.67. The highest BCUT2D eigenvalue weighted by Gasteiger charge is 2.10. The first-order valence-corrected chi connectivity index (χ1v) is 6.21. The molecule has 0 aliphatic heterocycles. The molecule has 1 nitrogen and oxygen atoms in total. The lowest BCUT2D eigenvalue weighted by Gasteiger charge is -2.20. The Morgan fingerprint density at radius 2 is 1.94 bits per heavy atom. The van der Waals surface area contributed by atoms with Crippen molar-refractivity contribution in [3.05, 3.63) is 59.6 Å². The maximum atomic E-state index is 3.80. The SMILES string of the molecule is C=CCC(NC(C)C=C)c1ccc(Br)cc1. The van der Waals surface area contributed by atoms with E-state index in [1.807, 2.05) is 12.2 Å². The van der Waals surface area contributed by atoms with E-state index in [1.54, 1.807) is 0 Å². The van der Waals surface area contributed by atoms with Crippen LogP contribution in [0.5, 0.6) is 0 Å². The molecule has 0 aliphatic rings. The molecule has 0 amide bonds. The van der Waals surface area contributed by atoms with Crippen molar-refractivity contribution in [3.8, 4) is 0 Å². The molecule has 0 saturated heterocycles. The smallest absolute Gasteiger partial charge is 0.0359 e. The molecule has 16 heavy (non-hydrogen) atoms. The minimum atomic E-state index is 0.300. The summed E-state index contributed by atoms with van der Waals surface area (Å²) < 4.78 is 1.10. The van der Waals surface area contributed by atoms with Crippen molar-refractivity contribution in [2.45, 2.75) is 25.4 Å². The normalized spacial score (nSPS) is 14.1. The molecule has 2 unspecified atom stereocenters. The predicted molar refractivity (Wildman–Crippen MR) is 74.5 cm³/mol. The van der Waals surface area contributed by atoms with Gasteiger partial charge in [0.1, 0.15) is 0 Å². The van der Waals surface area contributed by atoms with Gasteiger partial charge in [-0.3, -0.25) is 0 Å². The standard InChI is InChI=1S/C14H18BrN/c1-4-6-14(16-11(3)5-2)12-7-9-13(15)10-8-12/h4-5,7-11,14,16H,1-2,6H2,3H3. The Hall–Kier alpha value is -0.860. The molecule has 0 aromatic heterocycles. The zero-order valence-electron chi connectivity index (χ0n) is 9.62. The molecule has 2 heteroatoms. The lowest BCUT2D eigenvalue weighted by Crippen LogP contribution is -2.28. The van der Waals surface area contributed by atoms with Crippen molar-refractivity contribution in [1.82, 2.24) is 5.32 Å². The summed E-state index contributed by atoms with van der Waals surface area (Å²) in [5.74, 6) is 0.